The summed E-state index contributed by atoms with van der Waals surface area (Å²) in [6, 6.07) is 7.94. The molecule has 0 saturated heterocycles. The van der Waals surface area contributed by atoms with E-state index in [9.17, 15) is 4.79 Å². The van der Waals surface area contributed by atoms with Gasteiger partial charge in [0.1, 0.15) is 5.69 Å². The van der Waals surface area contributed by atoms with Crippen LogP contribution in [0.1, 0.15) is 22.0 Å². The molecule has 1 aliphatic heterocycles. The highest BCUT2D eigenvalue weighted by Crippen LogP contribution is 2.34. The van der Waals surface area contributed by atoms with E-state index in [2.05, 4.69) is 26.3 Å². The molecule has 0 aliphatic carbocycles. The van der Waals surface area contributed by atoms with Crippen LogP contribution in [0.25, 0.3) is 0 Å². The van der Waals surface area contributed by atoms with Crippen molar-refractivity contribution in [2.24, 2.45) is 7.05 Å². The molecule has 1 N–H and O–H groups in total. The average Bonchev–Trinajstić information content (AvgIpc) is 2.93. The summed E-state index contributed by atoms with van der Waals surface area (Å²) >= 11 is 3.38. The third-order valence-electron chi connectivity index (χ3n) is 3.28. The van der Waals surface area contributed by atoms with Gasteiger partial charge in [-0.1, -0.05) is 18.2 Å². The molecule has 0 fully saturated rings. The van der Waals surface area contributed by atoms with Crippen molar-refractivity contribution in [2.75, 3.05) is 11.9 Å². The Kier molecular flexibility index (Phi) is 2.70. The number of anilines is 1. The summed E-state index contributed by atoms with van der Waals surface area (Å²) in [5.74, 6) is -0.0350. The van der Waals surface area contributed by atoms with Gasteiger partial charge in [0.25, 0.3) is 0 Å². The smallest absolute Gasteiger partial charge is 0.191 e. The Morgan fingerprint density at radius 1 is 1.50 bits per heavy atom. The van der Waals surface area contributed by atoms with Gasteiger partial charge in [-0.25, -0.2) is 0 Å². The molecular formula is C13H12BrN3O. The fraction of sp³-hybridized carbons (Fsp3) is 0.231. The molecule has 0 bridgehead atoms. The van der Waals surface area contributed by atoms with Crippen LogP contribution in [-0.4, -0.2) is 22.1 Å². The van der Waals surface area contributed by atoms with E-state index in [-0.39, 0.29) is 11.7 Å². The minimum absolute atomic E-state index is 0.0966. The van der Waals surface area contributed by atoms with Gasteiger partial charge < -0.3 is 5.32 Å². The lowest BCUT2D eigenvalue weighted by atomic mass is 9.95. The van der Waals surface area contributed by atoms with Crippen LogP contribution >= 0.6 is 15.9 Å². The van der Waals surface area contributed by atoms with E-state index < -0.39 is 0 Å². The zero-order chi connectivity index (χ0) is 12.7. The molecule has 1 aliphatic rings. The van der Waals surface area contributed by atoms with Crippen molar-refractivity contribution >= 4 is 27.4 Å². The molecule has 2 heterocycles. The first-order valence-electron chi connectivity index (χ1n) is 5.73. The summed E-state index contributed by atoms with van der Waals surface area (Å²) in [5, 5.41) is 7.36. The highest BCUT2D eigenvalue weighted by Gasteiger charge is 2.31. The van der Waals surface area contributed by atoms with Gasteiger partial charge in [0, 0.05) is 19.3 Å². The van der Waals surface area contributed by atoms with Gasteiger partial charge in [-0.15, -0.1) is 0 Å². The molecule has 1 aromatic carbocycles. The normalized spacial score (nSPS) is 17.3. The first kappa shape index (κ1) is 11.5. The summed E-state index contributed by atoms with van der Waals surface area (Å²) in [6.07, 6.45) is 1.65. The maximum Gasteiger partial charge on any atom is 0.191 e. The SMILES string of the molecule is Cn1ncc(Br)c1C(=O)C1CNc2ccccc21. The second-order valence-corrected chi connectivity index (χ2v) is 5.20. The Morgan fingerprint density at radius 3 is 3.00 bits per heavy atom. The fourth-order valence-electron chi connectivity index (χ4n) is 2.37. The van der Waals surface area contributed by atoms with Gasteiger partial charge in [0.15, 0.2) is 5.78 Å². The number of para-hydroxylation sites is 1. The van der Waals surface area contributed by atoms with Crippen LogP contribution in [0, 0.1) is 0 Å². The maximum absolute atomic E-state index is 12.6. The van der Waals surface area contributed by atoms with Crippen molar-refractivity contribution in [2.45, 2.75) is 5.92 Å². The van der Waals surface area contributed by atoms with Crippen LogP contribution in [0.2, 0.25) is 0 Å². The number of fused-ring (bicyclic) bond motifs is 1. The third kappa shape index (κ3) is 1.66. The number of aromatic nitrogens is 2. The topological polar surface area (TPSA) is 46.9 Å². The van der Waals surface area contributed by atoms with Gasteiger partial charge in [0.05, 0.1) is 16.6 Å². The summed E-state index contributed by atoms with van der Waals surface area (Å²) in [6.45, 7) is 0.649. The predicted molar refractivity (Wildman–Crippen MR) is 72.9 cm³/mol. The molecule has 0 radical (unpaired) electrons. The van der Waals surface area contributed by atoms with E-state index in [0.717, 1.165) is 15.7 Å². The first-order valence-corrected chi connectivity index (χ1v) is 6.52. The van der Waals surface area contributed by atoms with Crippen molar-refractivity contribution in [1.29, 1.82) is 0 Å². The summed E-state index contributed by atoms with van der Waals surface area (Å²) < 4.78 is 2.37. The molecule has 4 nitrogen and oxygen atoms in total. The number of rotatable bonds is 2. The average molecular weight is 306 g/mol. The first-order chi connectivity index (χ1) is 8.68. The van der Waals surface area contributed by atoms with E-state index in [1.165, 1.54) is 0 Å². The highest BCUT2D eigenvalue weighted by atomic mass is 79.9. The monoisotopic (exact) mass is 305 g/mol. The zero-order valence-electron chi connectivity index (χ0n) is 9.85. The Morgan fingerprint density at radius 2 is 2.28 bits per heavy atom. The molecule has 0 spiro atoms. The quantitative estimate of drug-likeness (QED) is 0.868. The lowest BCUT2D eigenvalue weighted by Crippen LogP contribution is -2.18. The third-order valence-corrected chi connectivity index (χ3v) is 3.86. The largest absolute Gasteiger partial charge is 0.384 e. The van der Waals surface area contributed by atoms with E-state index in [1.54, 1.807) is 17.9 Å². The van der Waals surface area contributed by atoms with Crippen molar-refractivity contribution in [1.82, 2.24) is 9.78 Å². The number of halogens is 1. The standard InChI is InChI=1S/C13H12BrN3O/c1-17-12(10(14)7-16-17)13(18)9-6-15-11-5-3-2-4-8(9)11/h2-5,7,9,15H,6H2,1H3. The maximum atomic E-state index is 12.6. The number of carbonyl (C=O) groups is 1. The fourth-order valence-corrected chi connectivity index (χ4v) is 2.91. The lowest BCUT2D eigenvalue weighted by molar-refractivity contribution is 0.0956. The summed E-state index contributed by atoms with van der Waals surface area (Å²) in [4.78, 5) is 12.6. The number of Topliss-reactive ketones (excluding diaryl/α,β-unsaturated/α-hetero) is 1. The molecule has 0 saturated carbocycles. The number of hydrogen-bond acceptors (Lipinski definition) is 3. The molecular weight excluding hydrogens is 294 g/mol. The van der Waals surface area contributed by atoms with Crippen LogP contribution in [0.4, 0.5) is 5.69 Å². The van der Waals surface area contributed by atoms with Crippen molar-refractivity contribution in [3.63, 3.8) is 0 Å². The minimum Gasteiger partial charge on any atom is -0.384 e. The number of benzene rings is 1. The number of nitrogens with zero attached hydrogens (tertiary/aromatic N) is 2. The number of ketones is 1. The summed E-state index contributed by atoms with van der Waals surface area (Å²) in [5.41, 5.74) is 2.74. The second-order valence-electron chi connectivity index (χ2n) is 4.35. The van der Waals surface area contributed by atoms with E-state index in [1.807, 2.05) is 24.3 Å². The van der Waals surface area contributed by atoms with E-state index in [4.69, 9.17) is 0 Å². The predicted octanol–water partition coefficient (Wildman–Crippen LogP) is 2.57. The van der Waals surface area contributed by atoms with Crippen LogP contribution in [0.3, 0.4) is 0 Å². The zero-order valence-corrected chi connectivity index (χ0v) is 11.4. The van der Waals surface area contributed by atoms with E-state index in [0.29, 0.717) is 12.2 Å². The molecule has 3 rings (SSSR count). The number of aryl methyl sites for hydroxylation is 1. The van der Waals surface area contributed by atoms with Crippen LogP contribution in [0.5, 0.6) is 0 Å². The second kappa shape index (κ2) is 4.24. The van der Waals surface area contributed by atoms with Gasteiger partial charge in [0.2, 0.25) is 0 Å². The van der Waals surface area contributed by atoms with Gasteiger partial charge in [-0.3, -0.25) is 9.48 Å². The van der Waals surface area contributed by atoms with Crippen LogP contribution in [0.15, 0.2) is 34.9 Å². The van der Waals surface area contributed by atoms with Crippen molar-refractivity contribution in [3.8, 4) is 0 Å². The van der Waals surface area contributed by atoms with Gasteiger partial charge in [-0.05, 0) is 27.6 Å². The molecule has 92 valence electrons. The Labute approximate surface area is 113 Å². The van der Waals surface area contributed by atoms with Crippen LogP contribution < -0.4 is 5.32 Å². The highest BCUT2D eigenvalue weighted by molar-refractivity contribution is 9.10. The minimum atomic E-state index is -0.132. The number of carbonyl (C=O) groups excluding carboxylic acids is 1. The van der Waals surface area contributed by atoms with E-state index >= 15 is 0 Å². The Hall–Kier alpha value is -1.62. The van der Waals surface area contributed by atoms with Crippen molar-refractivity contribution < 1.29 is 4.79 Å². The molecule has 5 heteroatoms. The van der Waals surface area contributed by atoms with Crippen molar-refractivity contribution in [3.05, 3.63) is 46.2 Å². The molecule has 2 aromatic rings. The molecule has 1 unspecified atom stereocenters. The van der Waals surface area contributed by atoms with Gasteiger partial charge >= 0.3 is 0 Å². The molecule has 1 aromatic heterocycles. The molecule has 0 amide bonds. The lowest BCUT2D eigenvalue weighted by Gasteiger charge is -2.09. The molecule has 18 heavy (non-hydrogen) atoms. The summed E-state index contributed by atoms with van der Waals surface area (Å²) in [7, 11) is 1.78. The number of hydrogen-bond donors (Lipinski definition) is 1. The van der Waals surface area contributed by atoms with Crippen LogP contribution in [-0.2, 0) is 7.05 Å². The number of nitrogens with one attached hydrogen (secondary N) is 1. The molecule has 1 atom stereocenters. The Balaban J connectivity index is 2.01. The Bertz CT molecular complexity index is 601. The van der Waals surface area contributed by atoms with Gasteiger partial charge in [-0.2, -0.15) is 5.10 Å².